The van der Waals surface area contributed by atoms with Gasteiger partial charge >= 0.3 is 5.97 Å². The molecule has 1 unspecified atom stereocenters. The van der Waals surface area contributed by atoms with Crippen molar-refractivity contribution in [2.75, 3.05) is 0 Å². The highest BCUT2D eigenvalue weighted by molar-refractivity contribution is 7.19. The minimum atomic E-state index is -1.50. The van der Waals surface area contributed by atoms with E-state index in [1.165, 1.54) is 34.7 Å². The predicted molar refractivity (Wildman–Crippen MR) is 125 cm³/mol. The van der Waals surface area contributed by atoms with Crippen molar-refractivity contribution in [2.24, 2.45) is 0 Å². The Hall–Kier alpha value is -1.85. The van der Waals surface area contributed by atoms with Crippen LogP contribution in [-0.2, 0) is 16.0 Å². The highest BCUT2D eigenvalue weighted by Crippen LogP contribution is 2.28. The average Bonchev–Trinajstić information content (AvgIpc) is 3.29. The molecule has 0 spiro atoms. The minimum absolute atomic E-state index is 0.191. The molecule has 0 aliphatic carbocycles. The Kier molecular flexibility index (Phi) is 7.36. The maximum absolute atomic E-state index is 11.6. The molecule has 3 rings (SSSR count). The van der Waals surface area contributed by atoms with E-state index in [0.29, 0.717) is 0 Å². The molecular formula is C24H32O3SSi. The van der Waals surface area contributed by atoms with Gasteiger partial charge in [-0.25, -0.2) is 0 Å². The summed E-state index contributed by atoms with van der Waals surface area (Å²) in [7, 11) is -1.50. The fourth-order valence-electron chi connectivity index (χ4n) is 3.55. The van der Waals surface area contributed by atoms with Gasteiger partial charge in [-0.05, 0) is 49.3 Å². The summed E-state index contributed by atoms with van der Waals surface area (Å²) in [5, 5.41) is 2.42. The molecule has 0 aliphatic heterocycles. The Morgan fingerprint density at radius 1 is 1.10 bits per heavy atom. The van der Waals surface area contributed by atoms with Crippen LogP contribution in [-0.4, -0.2) is 14.0 Å². The van der Waals surface area contributed by atoms with Gasteiger partial charge in [-0.3, -0.25) is 4.79 Å². The SMILES string of the molecule is CC(=O)OC(CCCCCCc1cc2ccccc2s1)c1coc([Si](C)(C)C)c1. The Morgan fingerprint density at radius 3 is 2.55 bits per heavy atom. The number of aryl methyl sites for hydroxylation is 1. The summed E-state index contributed by atoms with van der Waals surface area (Å²) >= 11 is 1.91. The maximum atomic E-state index is 11.6. The second kappa shape index (κ2) is 9.77. The van der Waals surface area contributed by atoms with Crippen LogP contribution in [0.25, 0.3) is 10.1 Å². The lowest BCUT2D eigenvalue weighted by Gasteiger charge is -2.15. The zero-order valence-electron chi connectivity index (χ0n) is 18.0. The first-order chi connectivity index (χ1) is 13.8. The van der Waals surface area contributed by atoms with Gasteiger partial charge in [0.25, 0.3) is 0 Å². The zero-order chi connectivity index (χ0) is 20.9. The highest BCUT2D eigenvalue weighted by Gasteiger charge is 2.24. The van der Waals surface area contributed by atoms with Crippen molar-refractivity contribution in [3.63, 3.8) is 0 Å². The van der Waals surface area contributed by atoms with Crippen LogP contribution in [0.3, 0.4) is 0 Å². The number of benzene rings is 1. The predicted octanol–water partition coefficient (Wildman–Crippen LogP) is 6.84. The van der Waals surface area contributed by atoms with Crippen LogP contribution in [0.4, 0.5) is 0 Å². The van der Waals surface area contributed by atoms with Crippen molar-refractivity contribution in [2.45, 2.75) is 71.2 Å². The van der Waals surface area contributed by atoms with E-state index in [0.717, 1.165) is 36.6 Å². The number of furan rings is 1. The molecule has 3 aromatic rings. The normalized spacial score (nSPS) is 13.0. The van der Waals surface area contributed by atoms with E-state index < -0.39 is 8.07 Å². The Balaban J connectivity index is 1.45. The molecule has 29 heavy (non-hydrogen) atoms. The van der Waals surface area contributed by atoms with Crippen LogP contribution in [0.5, 0.6) is 0 Å². The third-order valence-corrected chi connectivity index (χ3v) is 8.07. The summed E-state index contributed by atoms with van der Waals surface area (Å²) in [5.41, 5.74) is 1.00. The summed E-state index contributed by atoms with van der Waals surface area (Å²) in [4.78, 5) is 13.0. The first-order valence-electron chi connectivity index (χ1n) is 10.6. The molecule has 0 fully saturated rings. The second-order valence-corrected chi connectivity index (χ2v) is 15.0. The number of rotatable bonds is 10. The van der Waals surface area contributed by atoms with Crippen LogP contribution >= 0.6 is 11.3 Å². The molecule has 0 saturated carbocycles. The van der Waals surface area contributed by atoms with Gasteiger partial charge < -0.3 is 9.15 Å². The van der Waals surface area contributed by atoms with E-state index in [-0.39, 0.29) is 12.1 Å². The lowest BCUT2D eigenvalue weighted by atomic mass is 10.0. The van der Waals surface area contributed by atoms with Gasteiger partial charge in [-0.15, -0.1) is 11.3 Å². The molecule has 0 N–H and O–H groups in total. The molecule has 2 heterocycles. The third-order valence-electron chi connectivity index (χ3n) is 5.15. The summed E-state index contributed by atoms with van der Waals surface area (Å²) in [6.45, 7) is 8.25. The van der Waals surface area contributed by atoms with Crippen LogP contribution < -0.4 is 5.38 Å². The Morgan fingerprint density at radius 2 is 1.86 bits per heavy atom. The number of esters is 1. The topological polar surface area (TPSA) is 39.4 Å². The number of unbranched alkanes of at least 4 members (excludes halogenated alkanes) is 3. The molecule has 5 heteroatoms. The number of carbonyl (C=O) groups is 1. The number of ether oxygens (including phenoxy) is 1. The first kappa shape index (κ1) is 21.8. The number of thiophene rings is 1. The van der Waals surface area contributed by atoms with E-state index in [1.807, 2.05) is 11.3 Å². The molecule has 0 aliphatic rings. The molecule has 156 valence electrons. The number of fused-ring (bicyclic) bond motifs is 1. The Bertz CT molecular complexity index is 902. The van der Waals surface area contributed by atoms with Gasteiger partial charge in [-0.2, -0.15) is 0 Å². The monoisotopic (exact) mass is 428 g/mol. The molecule has 0 amide bonds. The second-order valence-electron chi connectivity index (χ2n) is 8.80. The molecule has 0 saturated heterocycles. The van der Waals surface area contributed by atoms with Gasteiger partial charge in [0.1, 0.15) is 14.2 Å². The molecule has 1 atom stereocenters. The van der Waals surface area contributed by atoms with E-state index >= 15 is 0 Å². The summed E-state index contributed by atoms with van der Waals surface area (Å²) in [6, 6.07) is 13.0. The standard InChI is InChI=1S/C24H32O3SSi/c1-18(25)27-22(20-16-24(26-17-20)29(2,3)4)13-8-6-5-7-12-21-15-19-11-9-10-14-23(19)28-21/h9-11,14-17,22H,5-8,12-13H2,1-4H3. The van der Waals surface area contributed by atoms with Crippen molar-refractivity contribution in [3.05, 3.63) is 53.1 Å². The van der Waals surface area contributed by atoms with Crippen molar-refractivity contribution in [3.8, 4) is 0 Å². The summed E-state index contributed by atoms with van der Waals surface area (Å²) < 4.78 is 12.8. The zero-order valence-corrected chi connectivity index (χ0v) is 19.8. The number of carbonyl (C=O) groups excluding carboxylic acids is 1. The summed E-state index contributed by atoms with van der Waals surface area (Å²) in [5.74, 6) is -0.226. The fraction of sp³-hybridized carbons (Fsp3) is 0.458. The van der Waals surface area contributed by atoms with Crippen LogP contribution in [0.1, 0.15) is 55.6 Å². The molecule has 0 radical (unpaired) electrons. The van der Waals surface area contributed by atoms with Crippen molar-refractivity contribution >= 4 is 40.8 Å². The van der Waals surface area contributed by atoms with Crippen LogP contribution in [0.15, 0.2) is 47.1 Å². The fourth-order valence-corrected chi connectivity index (χ4v) is 5.67. The van der Waals surface area contributed by atoms with Gasteiger partial charge in [0.2, 0.25) is 0 Å². The van der Waals surface area contributed by atoms with Gasteiger partial charge in [-0.1, -0.05) is 50.7 Å². The third kappa shape index (κ3) is 6.31. The molecule has 1 aromatic carbocycles. The van der Waals surface area contributed by atoms with E-state index in [9.17, 15) is 4.79 Å². The Labute approximate surface area is 179 Å². The number of hydrogen-bond donors (Lipinski definition) is 0. The molecule has 2 aromatic heterocycles. The van der Waals surface area contributed by atoms with Gasteiger partial charge in [0, 0.05) is 22.1 Å². The lowest BCUT2D eigenvalue weighted by molar-refractivity contribution is -0.147. The lowest BCUT2D eigenvalue weighted by Crippen LogP contribution is -2.36. The average molecular weight is 429 g/mol. The molecule has 0 bridgehead atoms. The van der Waals surface area contributed by atoms with Crippen LogP contribution in [0.2, 0.25) is 19.6 Å². The van der Waals surface area contributed by atoms with E-state index in [2.05, 4.69) is 56.0 Å². The van der Waals surface area contributed by atoms with Crippen molar-refractivity contribution in [1.29, 1.82) is 0 Å². The maximum Gasteiger partial charge on any atom is 0.303 e. The number of hydrogen-bond acceptors (Lipinski definition) is 4. The smallest absolute Gasteiger partial charge is 0.303 e. The minimum Gasteiger partial charge on any atom is -0.474 e. The summed E-state index contributed by atoms with van der Waals surface area (Å²) in [6.07, 6.45) is 8.20. The van der Waals surface area contributed by atoms with Gasteiger partial charge in [0.15, 0.2) is 0 Å². The first-order valence-corrected chi connectivity index (χ1v) is 14.9. The van der Waals surface area contributed by atoms with Gasteiger partial charge in [0.05, 0.1) is 11.6 Å². The van der Waals surface area contributed by atoms with Crippen LogP contribution in [0, 0.1) is 0 Å². The largest absolute Gasteiger partial charge is 0.474 e. The molecule has 3 nitrogen and oxygen atoms in total. The van der Waals surface area contributed by atoms with Crippen molar-refractivity contribution < 1.29 is 13.9 Å². The van der Waals surface area contributed by atoms with Crippen molar-refractivity contribution in [1.82, 2.24) is 0 Å². The highest BCUT2D eigenvalue weighted by atomic mass is 32.1. The van der Waals surface area contributed by atoms with E-state index in [4.69, 9.17) is 9.15 Å². The quantitative estimate of drug-likeness (QED) is 0.202. The molecular weight excluding hydrogens is 396 g/mol. The van der Waals surface area contributed by atoms with E-state index in [1.54, 1.807) is 6.26 Å².